The number of hydrogen-bond acceptors (Lipinski definition) is 2. The monoisotopic (exact) mass is 376 g/mol. The number of phenols is 1. The summed E-state index contributed by atoms with van der Waals surface area (Å²) in [6.07, 6.45) is 0.667. The lowest BCUT2D eigenvalue weighted by Gasteiger charge is -2.18. The molecule has 0 atom stereocenters. The molecule has 0 radical (unpaired) electrons. The SMILES string of the molecule is O=Cc1ccc(C(=C(c2ccccc2)c2ccccc2)c2ccccc2)cc1O. The molecule has 0 unspecified atom stereocenters. The number of carbonyl (C=O) groups is 1. The van der Waals surface area contributed by atoms with Crippen molar-refractivity contribution >= 4 is 17.4 Å². The van der Waals surface area contributed by atoms with E-state index in [4.69, 9.17) is 0 Å². The molecule has 2 heteroatoms. The molecule has 4 aromatic carbocycles. The first kappa shape index (κ1) is 18.5. The van der Waals surface area contributed by atoms with Crippen LogP contribution in [0.3, 0.4) is 0 Å². The van der Waals surface area contributed by atoms with Crippen LogP contribution >= 0.6 is 0 Å². The van der Waals surface area contributed by atoms with Crippen molar-refractivity contribution < 1.29 is 9.90 Å². The lowest BCUT2D eigenvalue weighted by Crippen LogP contribution is -1.98. The van der Waals surface area contributed by atoms with E-state index in [-0.39, 0.29) is 11.3 Å². The van der Waals surface area contributed by atoms with Gasteiger partial charge in [-0.05, 0) is 45.5 Å². The molecule has 0 amide bonds. The third-order valence-electron chi connectivity index (χ3n) is 4.88. The van der Waals surface area contributed by atoms with Gasteiger partial charge in [0.1, 0.15) is 5.75 Å². The standard InChI is InChI=1S/C27H20O2/c28-19-24-17-16-23(18-25(24)29)27(22-14-8-3-9-15-22)26(20-10-4-1-5-11-20)21-12-6-2-7-13-21/h1-19,29H. The first-order valence-electron chi connectivity index (χ1n) is 9.47. The topological polar surface area (TPSA) is 37.3 Å². The highest BCUT2D eigenvalue weighted by molar-refractivity contribution is 6.04. The van der Waals surface area contributed by atoms with Crippen LogP contribution in [0.25, 0.3) is 11.1 Å². The van der Waals surface area contributed by atoms with Crippen molar-refractivity contribution in [2.75, 3.05) is 0 Å². The predicted octanol–water partition coefficient (Wildman–Crippen LogP) is 6.21. The fourth-order valence-corrected chi connectivity index (χ4v) is 3.52. The fraction of sp³-hybridized carbons (Fsp3) is 0. The number of rotatable bonds is 5. The van der Waals surface area contributed by atoms with E-state index in [1.807, 2.05) is 60.7 Å². The third-order valence-corrected chi connectivity index (χ3v) is 4.88. The van der Waals surface area contributed by atoms with Crippen molar-refractivity contribution in [3.63, 3.8) is 0 Å². The van der Waals surface area contributed by atoms with Crippen LogP contribution in [0.5, 0.6) is 5.75 Å². The third kappa shape index (κ3) is 3.87. The Morgan fingerprint density at radius 3 is 1.34 bits per heavy atom. The van der Waals surface area contributed by atoms with E-state index in [2.05, 4.69) is 36.4 Å². The van der Waals surface area contributed by atoms with Crippen molar-refractivity contribution in [3.8, 4) is 5.75 Å². The Balaban J connectivity index is 2.09. The lowest BCUT2D eigenvalue weighted by molar-refractivity contribution is 0.112. The average Bonchev–Trinajstić information content (AvgIpc) is 2.79. The molecule has 0 heterocycles. The van der Waals surface area contributed by atoms with Gasteiger partial charge in [-0.2, -0.15) is 0 Å². The summed E-state index contributed by atoms with van der Waals surface area (Å²) in [4.78, 5) is 11.2. The van der Waals surface area contributed by atoms with Crippen LogP contribution in [-0.2, 0) is 0 Å². The Kier molecular flexibility index (Phi) is 5.35. The maximum atomic E-state index is 11.2. The number of hydrogen-bond donors (Lipinski definition) is 1. The highest BCUT2D eigenvalue weighted by atomic mass is 16.3. The quantitative estimate of drug-likeness (QED) is 0.332. The summed E-state index contributed by atoms with van der Waals surface area (Å²) in [5, 5.41) is 10.4. The van der Waals surface area contributed by atoms with Crippen LogP contribution in [-0.4, -0.2) is 11.4 Å². The minimum atomic E-state index is -0.0218. The highest BCUT2D eigenvalue weighted by Gasteiger charge is 2.17. The minimum absolute atomic E-state index is 0.0218. The second-order valence-corrected chi connectivity index (χ2v) is 6.74. The van der Waals surface area contributed by atoms with Crippen LogP contribution in [0.15, 0.2) is 109 Å². The Labute approximate surface area is 170 Å². The highest BCUT2D eigenvalue weighted by Crippen LogP contribution is 2.37. The second-order valence-electron chi connectivity index (χ2n) is 6.74. The fourth-order valence-electron chi connectivity index (χ4n) is 3.52. The first-order valence-corrected chi connectivity index (χ1v) is 9.47. The molecule has 1 N–H and O–H groups in total. The number of phenolic OH excluding ortho intramolecular Hbond substituents is 1. The Morgan fingerprint density at radius 2 is 0.966 bits per heavy atom. The maximum Gasteiger partial charge on any atom is 0.153 e. The summed E-state index contributed by atoms with van der Waals surface area (Å²) in [5.41, 5.74) is 6.39. The predicted molar refractivity (Wildman–Crippen MR) is 118 cm³/mol. The molecule has 0 fully saturated rings. The van der Waals surface area contributed by atoms with Crippen molar-refractivity contribution in [2.24, 2.45) is 0 Å². The summed E-state index contributed by atoms with van der Waals surface area (Å²) < 4.78 is 0. The van der Waals surface area contributed by atoms with E-state index in [1.165, 1.54) is 0 Å². The lowest BCUT2D eigenvalue weighted by atomic mass is 9.85. The van der Waals surface area contributed by atoms with Crippen LogP contribution in [0, 0.1) is 0 Å². The van der Waals surface area contributed by atoms with Gasteiger partial charge in [-0.15, -0.1) is 0 Å². The van der Waals surface area contributed by atoms with Gasteiger partial charge in [-0.1, -0.05) is 97.1 Å². The largest absolute Gasteiger partial charge is 0.507 e. The number of carbonyl (C=O) groups excluding carboxylic acids is 1. The molecule has 4 aromatic rings. The second kappa shape index (κ2) is 8.41. The average molecular weight is 376 g/mol. The van der Waals surface area contributed by atoms with Crippen molar-refractivity contribution in [2.45, 2.75) is 0 Å². The normalized spacial score (nSPS) is 10.3. The van der Waals surface area contributed by atoms with E-state index in [9.17, 15) is 9.90 Å². The van der Waals surface area contributed by atoms with E-state index in [0.717, 1.165) is 33.4 Å². The molecular formula is C27H20O2. The summed E-state index contributed by atoms with van der Waals surface area (Å²) in [5.74, 6) is -0.0218. The Bertz CT molecular complexity index is 1100. The van der Waals surface area contributed by atoms with Gasteiger partial charge >= 0.3 is 0 Å². The molecule has 4 rings (SSSR count). The van der Waals surface area contributed by atoms with Gasteiger partial charge < -0.3 is 5.11 Å². The Hall–Kier alpha value is -3.91. The summed E-state index contributed by atoms with van der Waals surface area (Å²) in [6.45, 7) is 0. The number of aromatic hydroxyl groups is 1. The van der Waals surface area contributed by atoms with E-state index in [1.54, 1.807) is 12.1 Å². The van der Waals surface area contributed by atoms with E-state index < -0.39 is 0 Å². The molecule has 2 nitrogen and oxygen atoms in total. The molecule has 29 heavy (non-hydrogen) atoms. The minimum Gasteiger partial charge on any atom is -0.507 e. The maximum absolute atomic E-state index is 11.2. The van der Waals surface area contributed by atoms with Crippen molar-refractivity contribution in [1.82, 2.24) is 0 Å². The van der Waals surface area contributed by atoms with Gasteiger partial charge in [-0.3, -0.25) is 4.79 Å². The van der Waals surface area contributed by atoms with Crippen LogP contribution in [0.4, 0.5) is 0 Å². The molecule has 0 saturated carbocycles. The van der Waals surface area contributed by atoms with Gasteiger partial charge in [0.15, 0.2) is 6.29 Å². The van der Waals surface area contributed by atoms with E-state index in [0.29, 0.717) is 6.29 Å². The van der Waals surface area contributed by atoms with Gasteiger partial charge in [0, 0.05) is 0 Å². The summed E-state index contributed by atoms with van der Waals surface area (Å²) in [7, 11) is 0. The van der Waals surface area contributed by atoms with Crippen LogP contribution in [0.1, 0.15) is 32.6 Å². The van der Waals surface area contributed by atoms with Gasteiger partial charge in [-0.25, -0.2) is 0 Å². The summed E-state index contributed by atoms with van der Waals surface area (Å²) in [6, 6.07) is 35.8. The molecule has 0 aliphatic rings. The smallest absolute Gasteiger partial charge is 0.153 e. The zero-order valence-electron chi connectivity index (χ0n) is 15.8. The summed E-state index contributed by atoms with van der Waals surface area (Å²) >= 11 is 0. The first-order chi connectivity index (χ1) is 14.3. The van der Waals surface area contributed by atoms with Gasteiger partial charge in [0.25, 0.3) is 0 Å². The zero-order chi connectivity index (χ0) is 20.1. The van der Waals surface area contributed by atoms with Crippen molar-refractivity contribution in [3.05, 3.63) is 137 Å². The molecule has 0 aromatic heterocycles. The molecule has 0 bridgehead atoms. The molecule has 0 aliphatic heterocycles. The Morgan fingerprint density at radius 1 is 0.552 bits per heavy atom. The van der Waals surface area contributed by atoms with E-state index >= 15 is 0 Å². The molecule has 0 saturated heterocycles. The molecule has 0 spiro atoms. The zero-order valence-corrected chi connectivity index (χ0v) is 15.8. The van der Waals surface area contributed by atoms with Crippen molar-refractivity contribution in [1.29, 1.82) is 0 Å². The number of benzene rings is 4. The molecule has 0 aliphatic carbocycles. The van der Waals surface area contributed by atoms with Gasteiger partial charge in [0.2, 0.25) is 0 Å². The van der Waals surface area contributed by atoms with Crippen LogP contribution < -0.4 is 0 Å². The number of aldehydes is 1. The van der Waals surface area contributed by atoms with Crippen LogP contribution in [0.2, 0.25) is 0 Å². The molecule has 140 valence electrons. The van der Waals surface area contributed by atoms with Gasteiger partial charge in [0.05, 0.1) is 5.56 Å². The molecular weight excluding hydrogens is 356 g/mol.